The fourth-order valence-corrected chi connectivity index (χ4v) is 5.03. The molecule has 0 unspecified atom stereocenters. The van der Waals surface area contributed by atoms with E-state index in [1.54, 1.807) is 4.90 Å². The number of carbonyl (C=O) groups excluding carboxylic acids is 1. The number of alkyl halides is 6. The van der Waals surface area contributed by atoms with Gasteiger partial charge in [-0.15, -0.1) is 24.9 Å². The van der Waals surface area contributed by atoms with E-state index in [1.807, 2.05) is 6.92 Å². The average Bonchev–Trinajstić information content (AvgIpc) is 2.87. The van der Waals surface area contributed by atoms with E-state index in [2.05, 4.69) is 15.6 Å². The normalized spacial score (nSPS) is 16.4. The van der Waals surface area contributed by atoms with Gasteiger partial charge in [0.25, 0.3) is 5.91 Å². The van der Waals surface area contributed by atoms with Crippen LogP contribution in [0.15, 0.2) is 41.3 Å². The molecule has 1 aliphatic rings. The van der Waals surface area contributed by atoms with Gasteiger partial charge in [-0.3, -0.25) is 20.5 Å². The van der Waals surface area contributed by atoms with Gasteiger partial charge in [-0.25, -0.2) is 4.79 Å². The van der Waals surface area contributed by atoms with Crippen LogP contribution in [0.4, 0.5) is 36.8 Å². The highest BCUT2D eigenvalue weighted by Gasteiger charge is 2.35. The second-order valence-electron chi connectivity index (χ2n) is 9.01. The summed E-state index contributed by atoms with van der Waals surface area (Å²) in [5.74, 6) is -0.918. The second-order valence-corrected chi connectivity index (χ2v) is 10.3. The molecule has 2 amide bonds. The summed E-state index contributed by atoms with van der Waals surface area (Å²) in [4.78, 5) is 27.4. The van der Waals surface area contributed by atoms with E-state index < -0.39 is 35.9 Å². The molecule has 0 radical (unpaired) electrons. The Bertz CT molecular complexity index is 1210. The Morgan fingerprint density at radius 1 is 1.15 bits per heavy atom. The van der Waals surface area contributed by atoms with E-state index in [4.69, 9.17) is 0 Å². The summed E-state index contributed by atoms with van der Waals surface area (Å²) in [6, 6.07) is 6.26. The Morgan fingerprint density at radius 2 is 1.88 bits per heavy atom. The van der Waals surface area contributed by atoms with E-state index >= 15 is 0 Å². The van der Waals surface area contributed by atoms with Crippen molar-refractivity contribution in [2.45, 2.75) is 49.8 Å². The molecule has 0 aromatic heterocycles. The standard InChI is InChI=1S/C25H28F6N4O4S/c1-3-40-21-9-8-18(39-25(29,30)31)12-20(21)32-33-22(36)15-6-7-16(19(11-15)24(26,27)28)13-35-10-4-5-17(14-35)34(2)23(37)38/h6-9,11-12,17,32H,3-5,10,13-14H2,1-2H3,(H,33,36)(H,37,38)/t17-/m0/s1. The Hall–Kier alpha value is -3.33. The number of hydrogen-bond donors (Lipinski definition) is 3. The molecule has 0 bridgehead atoms. The third-order valence-corrected chi connectivity index (χ3v) is 7.15. The van der Waals surface area contributed by atoms with Crippen molar-refractivity contribution in [3.05, 3.63) is 53.1 Å². The fourth-order valence-electron chi connectivity index (χ4n) is 4.29. The predicted octanol–water partition coefficient (Wildman–Crippen LogP) is 6.05. The molecular formula is C25H28F6N4O4S. The molecule has 40 heavy (non-hydrogen) atoms. The van der Waals surface area contributed by atoms with Crippen molar-refractivity contribution in [3.63, 3.8) is 0 Å². The van der Waals surface area contributed by atoms with Crippen molar-refractivity contribution in [2.75, 3.05) is 31.3 Å². The fraction of sp³-hybridized carbons (Fsp3) is 0.440. The van der Waals surface area contributed by atoms with Gasteiger partial charge in [0, 0.05) is 42.7 Å². The number of hydrogen-bond acceptors (Lipinski definition) is 6. The second kappa shape index (κ2) is 12.9. The van der Waals surface area contributed by atoms with E-state index in [0.717, 1.165) is 17.0 Å². The number of likely N-dealkylation sites (tertiary alicyclic amines) is 1. The topological polar surface area (TPSA) is 94.1 Å². The smallest absolute Gasteiger partial charge is 0.465 e. The maximum absolute atomic E-state index is 14.0. The molecule has 1 heterocycles. The Kier molecular flexibility index (Phi) is 10.1. The molecule has 15 heteroatoms. The minimum atomic E-state index is -4.93. The summed E-state index contributed by atoms with van der Waals surface area (Å²) >= 11 is 1.26. The molecule has 0 aliphatic carbocycles. The first-order valence-electron chi connectivity index (χ1n) is 12.1. The zero-order valence-corrected chi connectivity index (χ0v) is 22.3. The number of ether oxygens (including phenoxy) is 1. The average molecular weight is 595 g/mol. The van der Waals surface area contributed by atoms with E-state index in [-0.39, 0.29) is 35.9 Å². The van der Waals surface area contributed by atoms with Crippen molar-refractivity contribution in [1.29, 1.82) is 0 Å². The predicted molar refractivity (Wildman–Crippen MR) is 136 cm³/mol. The molecule has 0 spiro atoms. The number of halogens is 6. The number of nitrogens with zero attached hydrogens (tertiary/aromatic N) is 2. The summed E-state index contributed by atoms with van der Waals surface area (Å²) in [5.41, 5.74) is 3.37. The number of nitrogens with one attached hydrogen (secondary N) is 2. The van der Waals surface area contributed by atoms with Crippen molar-refractivity contribution in [3.8, 4) is 5.75 Å². The van der Waals surface area contributed by atoms with Crippen molar-refractivity contribution in [2.24, 2.45) is 0 Å². The van der Waals surface area contributed by atoms with Crippen LogP contribution in [-0.2, 0) is 12.7 Å². The summed E-state index contributed by atoms with van der Waals surface area (Å²) in [6.45, 7) is 2.47. The molecular weight excluding hydrogens is 566 g/mol. The first-order chi connectivity index (χ1) is 18.7. The highest BCUT2D eigenvalue weighted by atomic mass is 32.2. The van der Waals surface area contributed by atoms with Crippen LogP contribution in [0, 0.1) is 0 Å². The molecule has 2 aromatic rings. The SMILES string of the molecule is CCSc1ccc(OC(F)(F)F)cc1NNC(=O)c1ccc(CN2CCC[C@H](N(C)C(=O)O)C2)c(C(F)(F)F)c1. The summed E-state index contributed by atoms with van der Waals surface area (Å²) in [7, 11) is 1.42. The molecule has 220 valence electrons. The maximum Gasteiger partial charge on any atom is 0.573 e. The largest absolute Gasteiger partial charge is 0.573 e. The monoisotopic (exact) mass is 594 g/mol. The Morgan fingerprint density at radius 3 is 2.50 bits per heavy atom. The van der Waals surface area contributed by atoms with Crippen LogP contribution in [-0.4, -0.2) is 65.2 Å². The molecule has 1 saturated heterocycles. The van der Waals surface area contributed by atoms with Gasteiger partial charge in [-0.1, -0.05) is 13.0 Å². The Balaban J connectivity index is 1.77. The lowest BCUT2D eigenvalue weighted by atomic mass is 10.00. The van der Waals surface area contributed by atoms with Crippen LogP contribution in [0.1, 0.15) is 41.3 Å². The molecule has 3 rings (SSSR count). The first kappa shape index (κ1) is 31.2. The number of rotatable bonds is 9. The number of likely N-dealkylation sites (N-methyl/N-ethyl adjacent to an activating group) is 1. The first-order valence-corrected chi connectivity index (χ1v) is 13.1. The third kappa shape index (κ3) is 8.58. The number of amides is 2. The number of thioether (sulfide) groups is 1. The van der Waals surface area contributed by atoms with Gasteiger partial charge in [-0.2, -0.15) is 13.2 Å². The van der Waals surface area contributed by atoms with E-state index in [0.29, 0.717) is 36.1 Å². The number of hydrazine groups is 1. The molecule has 1 fully saturated rings. The maximum atomic E-state index is 14.0. The zero-order chi connectivity index (χ0) is 29.7. The lowest BCUT2D eigenvalue weighted by Crippen LogP contribution is -2.47. The van der Waals surface area contributed by atoms with Gasteiger partial charge in [0.1, 0.15) is 5.75 Å². The zero-order valence-electron chi connectivity index (χ0n) is 21.5. The van der Waals surface area contributed by atoms with E-state index in [9.17, 15) is 41.0 Å². The van der Waals surface area contributed by atoms with Crippen LogP contribution in [0.3, 0.4) is 0 Å². The van der Waals surface area contributed by atoms with E-state index in [1.165, 1.54) is 37.0 Å². The minimum Gasteiger partial charge on any atom is -0.465 e. The number of benzene rings is 2. The van der Waals surface area contributed by atoms with Crippen LogP contribution < -0.4 is 15.6 Å². The van der Waals surface area contributed by atoms with Gasteiger partial charge in [0.2, 0.25) is 0 Å². The number of piperidine rings is 1. The van der Waals surface area contributed by atoms with Crippen molar-refractivity contribution in [1.82, 2.24) is 15.2 Å². The van der Waals surface area contributed by atoms with Crippen LogP contribution in [0.5, 0.6) is 5.75 Å². The van der Waals surface area contributed by atoms with Gasteiger partial charge in [0.05, 0.1) is 11.3 Å². The highest BCUT2D eigenvalue weighted by Crippen LogP contribution is 2.35. The summed E-state index contributed by atoms with van der Waals surface area (Å²) in [6.07, 6.45) is -9.62. The summed E-state index contributed by atoms with van der Waals surface area (Å²) < 4.78 is 83.7. The molecule has 1 atom stereocenters. The number of anilines is 1. The lowest BCUT2D eigenvalue weighted by Gasteiger charge is -2.36. The van der Waals surface area contributed by atoms with Crippen molar-refractivity contribution >= 4 is 29.4 Å². The number of carbonyl (C=O) groups is 2. The molecule has 2 aromatic carbocycles. The minimum absolute atomic E-state index is 0.0700. The lowest BCUT2D eigenvalue weighted by molar-refractivity contribution is -0.274. The quantitative estimate of drug-likeness (QED) is 0.185. The number of carboxylic acid groups (broad SMARTS) is 1. The third-order valence-electron chi connectivity index (χ3n) is 6.20. The van der Waals surface area contributed by atoms with Gasteiger partial charge in [0.15, 0.2) is 0 Å². The van der Waals surface area contributed by atoms with Crippen molar-refractivity contribution < 1.29 is 45.8 Å². The molecule has 8 nitrogen and oxygen atoms in total. The molecule has 1 aliphatic heterocycles. The van der Waals surface area contributed by atoms with Gasteiger partial charge < -0.3 is 14.7 Å². The molecule has 3 N–H and O–H groups in total. The highest BCUT2D eigenvalue weighted by molar-refractivity contribution is 7.99. The molecule has 0 saturated carbocycles. The Labute approximate surface area is 230 Å². The van der Waals surface area contributed by atoms with Crippen LogP contribution in [0.25, 0.3) is 0 Å². The summed E-state index contributed by atoms with van der Waals surface area (Å²) in [5, 5.41) is 9.22. The van der Waals surface area contributed by atoms with Gasteiger partial charge in [-0.05, 0) is 55.0 Å². The van der Waals surface area contributed by atoms with Crippen LogP contribution in [0.2, 0.25) is 0 Å². The van der Waals surface area contributed by atoms with Crippen LogP contribution >= 0.6 is 11.8 Å². The van der Waals surface area contributed by atoms with Gasteiger partial charge >= 0.3 is 18.6 Å².